The number of hydrogen-bond donors (Lipinski definition) is 2. The maximum absolute atomic E-state index is 13.2. The molecule has 2 aromatic rings. The number of rotatable bonds is 6. The van der Waals surface area contributed by atoms with Gasteiger partial charge in [-0.05, 0) is 13.0 Å². The lowest BCUT2D eigenvalue weighted by molar-refractivity contribution is 0.101. The Morgan fingerprint density at radius 3 is 2.38 bits per heavy atom. The number of sulfonamides is 1. The van der Waals surface area contributed by atoms with Crippen LogP contribution in [0.2, 0.25) is 0 Å². The zero-order valence-corrected chi connectivity index (χ0v) is 15.2. The number of carbonyl (C=O) groups excluding carboxylic acids is 1. The molecule has 1 aliphatic heterocycles. The number of allylic oxidation sites excluding steroid dienone is 1. The smallest absolute Gasteiger partial charge is 0.265 e. The van der Waals surface area contributed by atoms with Crippen LogP contribution >= 0.6 is 0 Å². The summed E-state index contributed by atoms with van der Waals surface area (Å²) < 4.78 is 27.3. The zero-order chi connectivity index (χ0) is 18.7. The van der Waals surface area contributed by atoms with Gasteiger partial charge in [0.15, 0.2) is 0 Å². The number of nitrogens with zero attached hydrogens (tertiary/aromatic N) is 1. The van der Waals surface area contributed by atoms with E-state index in [1.807, 2.05) is 0 Å². The Morgan fingerprint density at radius 2 is 1.73 bits per heavy atom. The number of aliphatic hydroxyl groups is 1. The first-order chi connectivity index (χ1) is 12.5. The van der Waals surface area contributed by atoms with Crippen LogP contribution in [0.25, 0.3) is 5.70 Å². The Hall–Kier alpha value is -2.64. The molecule has 0 spiro atoms. The van der Waals surface area contributed by atoms with E-state index in [1.54, 1.807) is 55.5 Å². The Labute approximate surface area is 152 Å². The molecule has 0 bridgehead atoms. The molecule has 0 aliphatic carbocycles. The van der Waals surface area contributed by atoms with Gasteiger partial charge in [0.1, 0.15) is 5.70 Å². The summed E-state index contributed by atoms with van der Waals surface area (Å²) in [5, 5.41) is 12.2. The summed E-state index contributed by atoms with van der Waals surface area (Å²) in [5.41, 5.74) is 1.33. The molecule has 0 radical (unpaired) electrons. The second-order valence-corrected chi connectivity index (χ2v) is 7.57. The average Bonchev–Trinajstić information content (AvgIpc) is 2.67. The van der Waals surface area contributed by atoms with Crippen LogP contribution in [-0.4, -0.2) is 43.3 Å². The van der Waals surface area contributed by atoms with Crippen molar-refractivity contribution in [1.29, 1.82) is 0 Å². The fourth-order valence-corrected chi connectivity index (χ4v) is 4.72. The predicted molar refractivity (Wildman–Crippen MR) is 98.8 cm³/mol. The summed E-state index contributed by atoms with van der Waals surface area (Å²) in [6.45, 7) is 1.87. The molecule has 1 heterocycles. The lowest BCUT2D eigenvalue weighted by atomic mass is 10.0. The SMILES string of the molecule is CCN1C(C(=O)c2ccccc2)=C(NCCO)c2ccccc2S1(=O)=O. The second-order valence-electron chi connectivity index (χ2n) is 5.74. The normalized spacial score (nSPS) is 15.5. The Morgan fingerprint density at radius 1 is 1.08 bits per heavy atom. The van der Waals surface area contributed by atoms with Gasteiger partial charge in [-0.25, -0.2) is 8.42 Å². The van der Waals surface area contributed by atoms with E-state index in [1.165, 1.54) is 6.07 Å². The fourth-order valence-electron chi connectivity index (χ4n) is 3.03. The molecule has 0 fully saturated rings. The first kappa shape index (κ1) is 18.2. The summed E-state index contributed by atoms with van der Waals surface area (Å²) in [6.07, 6.45) is 0. The lowest BCUT2D eigenvalue weighted by Crippen LogP contribution is -2.40. The van der Waals surface area contributed by atoms with Gasteiger partial charge in [-0.1, -0.05) is 48.5 Å². The summed E-state index contributed by atoms with van der Waals surface area (Å²) in [7, 11) is -3.84. The standard InChI is InChI=1S/C19H20N2O4S/c1-2-21-18(19(23)14-8-4-3-5-9-14)17(20-12-13-22)15-10-6-7-11-16(15)26(21,24)25/h3-11,20,22H,2,12-13H2,1H3. The summed E-state index contributed by atoms with van der Waals surface area (Å²) in [6, 6.07) is 15.1. The first-order valence-electron chi connectivity index (χ1n) is 8.33. The number of nitrogens with one attached hydrogen (secondary N) is 1. The molecule has 136 valence electrons. The third kappa shape index (κ3) is 3.00. The van der Waals surface area contributed by atoms with E-state index < -0.39 is 10.0 Å². The van der Waals surface area contributed by atoms with Crippen LogP contribution < -0.4 is 5.32 Å². The maximum Gasteiger partial charge on any atom is 0.265 e. The van der Waals surface area contributed by atoms with Gasteiger partial charge in [-0.3, -0.25) is 9.10 Å². The summed E-state index contributed by atoms with van der Waals surface area (Å²) in [5.74, 6) is -0.383. The van der Waals surface area contributed by atoms with Gasteiger partial charge < -0.3 is 10.4 Å². The topological polar surface area (TPSA) is 86.7 Å². The highest BCUT2D eigenvalue weighted by molar-refractivity contribution is 7.89. The van der Waals surface area contributed by atoms with Gasteiger partial charge in [-0.15, -0.1) is 0 Å². The molecule has 7 heteroatoms. The molecule has 2 aromatic carbocycles. The minimum atomic E-state index is -3.84. The molecule has 2 N–H and O–H groups in total. The fraction of sp³-hybridized carbons (Fsp3) is 0.211. The number of aliphatic hydroxyl groups excluding tert-OH is 1. The van der Waals surface area contributed by atoms with Gasteiger partial charge in [0.2, 0.25) is 5.78 Å². The predicted octanol–water partition coefficient (Wildman–Crippen LogP) is 1.84. The van der Waals surface area contributed by atoms with E-state index in [-0.39, 0.29) is 36.1 Å². The number of benzene rings is 2. The van der Waals surface area contributed by atoms with E-state index >= 15 is 0 Å². The Balaban J connectivity index is 2.29. The van der Waals surface area contributed by atoms with Crippen molar-refractivity contribution in [2.45, 2.75) is 11.8 Å². The molecule has 0 unspecified atom stereocenters. The van der Waals surface area contributed by atoms with Crippen LogP contribution in [-0.2, 0) is 10.0 Å². The molecule has 0 aromatic heterocycles. The van der Waals surface area contributed by atoms with E-state index in [2.05, 4.69) is 5.32 Å². The van der Waals surface area contributed by atoms with Crippen LogP contribution in [0.1, 0.15) is 22.8 Å². The number of hydrogen-bond acceptors (Lipinski definition) is 5. The van der Waals surface area contributed by atoms with Crippen molar-refractivity contribution < 1.29 is 18.3 Å². The molecular formula is C19H20N2O4S. The van der Waals surface area contributed by atoms with Crippen molar-refractivity contribution in [3.05, 3.63) is 71.4 Å². The van der Waals surface area contributed by atoms with Crippen molar-refractivity contribution in [2.75, 3.05) is 19.7 Å². The number of likely N-dealkylation sites (N-methyl/N-ethyl adjacent to an activating group) is 1. The van der Waals surface area contributed by atoms with Gasteiger partial charge >= 0.3 is 0 Å². The van der Waals surface area contributed by atoms with Crippen molar-refractivity contribution in [3.8, 4) is 0 Å². The van der Waals surface area contributed by atoms with Crippen molar-refractivity contribution in [2.24, 2.45) is 0 Å². The summed E-state index contributed by atoms with van der Waals surface area (Å²) in [4.78, 5) is 13.3. The molecule has 1 aliphatic rings. The largest absolute Gasteiger partial charge is 0.395 e. The molecule has 26 heavy (non-hydrogen) atoms. The molecule has 0 atom stereocenters. The lowest BCUT2D eigenvalue weighted by Gasteiger charge is -2.33. The van der Waals surface area contributed by atoms with Crippen LogP contribution in [0.5, 0.6) is 0 Å². The molecule has 3 rings (SSSR count). The van der Waals surface area contributed by atoms with E-state index in [9.17, 15) is 18.3 Å². The van der Waals surface area contributed by atoms with Crippen molar-refractivity contribution in [1.82, 2.24) is 9.62 Å². The molecule has 6 nitrogen and oxygen atoms in total. The van der Waals surface area contributed by atoms with E-state index in [4.69, 9.17) is 0 Å². The number of Topliss-reactive ketones (excluding diaryl/α,β-unsaturated/α-hetero) is 1. The van der Waals surface area contributed by atoms with Crippen molar-refractivity contribution >= 4 is 21.5 Å². The third-order valence-corrected chi connectivity index (χ3v) is 6.10. The van der Waals surface area contributed by atoms with Crippen LogP contribution in [0.15, 0.2) is 65.2 Å². The highest BCUT2D eigenvalue weighted by Crippen LogP contribution is 2.36. The van der Waals surface area contributed by atoms with Gasteiger partial charge in [0.25, 0.3) is 10.0 Å². The van der Waals surface area contributed by atoms with Crippen LogP contribution in [0.3, 0.4) is 0 Å². The van der Waals surface area contributed by atoms with E-state index in [0.29, 0.717) is 16.8 Å². The molecule has 0 saturated carbocycles. The number of ketones is 1. The van der Waals surface area contributed by atoms with Gasteiger partial charge in [-0.2, -0.15) is 0 Å². The quantitative estimate of drug-likeness (QED) is 0.756. The third-order valence-electron chi connectivity index (χ3n) is 4.16. The van der Waals surface area contributed by atoms with E-state index in [0.717, 1.165) is 4.31 Å². The minimum Gasteiger partial charge on any atom is -0.395 e. The second kappa shape index (κ2) is 7.31. The van der Waals surface area contributed by atoms with Gasteiger partial charge in [0.05, 0.1) is 17.2 Å². The molecular weight excluding hydrogens is 352 g/mol. The zero-order valence-electron chi connectivity index (χ0n) is 14.3. The molecule has 0 amide bonds. The van der Waals surface area contributed by atoms with Crippen LogP contribution in [0.4, 0.5) is 0 Å². The molecule has 0 saturated heterocycles. The van der Waals surface area contributed by atoms with Crippen molar-refractivity contribution in [3.63, 3.8) is 0 Å². The first-order valence-corrected chi connectivity index (χ1v) is 9.77. The Kier molecular flexibility index (Phi) is 5.11. The average molecular weight is 372 g/mol. The summed E-state index contributed by atoms with van der Waals surface area (Å²) >= 11 is 0. The Bertz CT molecular complexity index is 953. The van der Waals surface area contributed by atoms with Crippen LogP contribution in [0, 0.1) is 0 Å². The minimum absolute atomic E-state index is 0.0749. The number of carbonyl (C=O) groups is 1. The highest BCUT2D eigenvalue weighted by Gasteiger charge is 2.38. The number of fused-ring (bicyclic) bond motifs is 1. The monoisotopic (exact) mass is 372 g/mol. The van der Waals surface area contributed by atoms with Gasteiger partial charge in [0, 0.05) is 24.2 Å². The maximum atomic E-state index is 13.2. The highest BCUT2D eigenvalue weighted by atomic mass is 32.2.